The summed E-state index contributed by atoms with van der Waals surface area (Å²) < 4.78 is 5.28. The largest absolute Gasteiger partial charge is 0.394 e. The second-order valence-electron chi connectivity index (χ2n) is 3.09. The smallest absolute Gasteiger partial charge is 0.0927 e. The Balaban J connectivity index is 3.21. The summed E-state index contributed by atoms with van der Waals surface area (Å²) in [6.45, 7) is 5.39. The van der Waals surface area contributed by atoms with Gasteiger partial charge in [-0.15, -0.1) is 0 Å². The summed E-state index contributed by atoms with van der Waals surface area (Å²) in [6.07, 6.45) is 0.852. The first-order valence-corrected chi connectivity index (χ1v) is 4.13. The highest BCUT2D eigenvalue weighted by Gasteiger charge is 2.04. The second kappa shape index (κ2) is 6.58. The van der Waals surface area contributed by atoms with Gasteiger partial charge in [0.2, 0.25) is 0 Å². The van der Waals surface area contributed by atoms with Crippen molar-refractivity contribution in [3.05, 3.63) is 0 Å². The second-order valence-corrected chi connectivity index (χ2v) is 3.09. The van der Waals surface area contributed by atoms with Crippen LogP contribution in [0.15, 0.2) is 0 Å². The maximum absolute atomic E-state index is 8.69. The molecule has 3 heteroatoms. The number of hydrogen-bond acceptors (Lipinski definition) is 3. The van der Waals surface area contributed by atoms with Gasteiger partial charge in [-0.3, -0.25) is 0 Å². The highest BCUT2D eigenvalue weighted by atomic mass is 16.5. The van der Waals surface area contributed by atoms with Gasteiger partial charge in [-0.05, 0) is 12.3 Å². The molecule has 0 aromatic rings. The predicted molar refractivity (Wildman–Crippen MR) is 45.3 cm³/mol. The first-order valence-electron chi connectivity index (χ1n) is 4.13. The van der Waals surface area contributed by atoms with Gasteiger partial charge in [0.1, 0.15) is 0 Å². The molecule has 0 saturated heterocycles. The lowest BCUT2D eigenvalue weighted by molar-refractivity contribution is 0.0141. The standard InChI is InChI=1S/C8H19NO2/c1-7(2)3-4-11-8(5-9)6-10/h7-8,10H,3-6,9H2,1-2H3. The Bertz CT molecular complexity index is 82.2. The summed E-state index contributed by atoms with van der Waals surface area (Å²) in [4.78, 5) is 0. The van der Waals surface area contributed by atoms with E-state index >= 15 is 0 Å². The molecule has 0 fully saturated rings. The molecule has 0 amide bonds. The topological polar surface area (TPSA) is 55.5 Å². The molecule has 0 heterocycles. The van der Waals surface area contributed by atoms with Crippen LogP contribution in [0.2, 0.25) is 0 Å². The third-order valence-corrected chi connectivity index (χ3v) is 1.52. The Morgan fingerprint density at radius 2 is 2.09 bits per heavy atom. The number of aliphatic hydroxyl groups excluding tert-OH is 1. The molecular formula is C8H19NO2. The molecule has 0 radical (unpaired) electrons. The van der Waals surface area contributed by atoms with Crippen LogP contribution >= 0.6 is 0 Å². The van der Waals surface area contributed by atoms with Crippen molar-refractivity contribution in [2.45, 2.75) is 26.4 Å². The van der Waals surface area contributed by atoms with E-state index in [0.717, 1.165) is 6.42 Å². The number of nitrogens with two attached hydrogens (primary N) is 1. The molecule has 1 unspecified atom stereocenters. The van der Waals surface area contributed by atoms with E-state index in [1.54, 1.807) is 0 Å². The SMILES string of the molecule is CC(C)CCOC(CN)CO. The van der Waals surface area contributed by atoms with Gasteiger partial charge >= 0.3 is 0 Å². The highest BCUT2D eigenvalue weighted by molar-refractivity contribution is 4.55. The molecule has 0 aliphatic heterocycles. The van der Waals surface area contributed by atoms with Gasteiger partial charge in [-0.1, -0.05) is 13.8 Å². The van der Waals surface area contributed by atoms with Crippen LogP contribution < -0.4 is 5.73 Å². The van der Waals surface area contributed by atoms with Gasteiger partial charge in [-0.2, -0.15) is 0 Å². The maximum Gasteiger partial charge on any atom is 0.0927 e. The van der Waals surface area contributed by atoms with Gasteiger partial charge in [0.25, 0.3) is 0 Å². The molecule has 0 aromatic heterocycles. The van der Waals surface area contributed by atoms with E-state index in [-0.39, 0.29) is 12.7 Å². The Hall–Kier alpha value is -0.120. The van der Waals surface area contributed by atoms with E-state index in [9.17, 15) is 0 Å². The average Bonchev–Trinajstić information content (AvgIpc) is 1.98. The zero-order chi connectivity index (χ0) is 8.69. The monoisotopic (exact) mass is 161 g/mol. The molecule has 68 valence electrons. The molecule has 1 atom stereocenters. The van der Waals surface area contributed by atoms with E-state index in [1.807, 2.05) is 0 Å². The quantitative estimate of drug-likeness (QED) is 0.591. The third kappa shape index (κ3) is 6.28. The average molecular weight is 161 g/mol. The predicted octanol–water partition coefficient (Wildman–Crippen LogP) is 0.369. The Kier molecular flexibility index (Phi) is 6.51. The summed E-state index contributed by atoms with van der Waals surface area (Å²) in [6, 6.07) is 0. The van der Waals surface area contributed by atoms with Crippen molar-refractivity contribution in [3.63, 3.8) is 0 Å². The minimum atomic E-state index is -0.172. The third-order valence-electron chi connectivity index (χ3n) is 1.52. The zero-order valence-corrected chi connectivity index (χ0v) is 7.42. The summed E-state index contributed by atoms with van der Waals surface area (Å²) in [7, 11) is 0. The summed E-state index contributed by atoms with van der Waals surface area (Å²) in [5.41, 5.74) is 5.32. The van der Waals surface area contributed by atoms with E-state index in [2.05, 4.69) is 13.8 Å². The first kappa shape index (κ1) is 10.9. The zero-order valence-electron chi connectivity index (χ0n) is 7.42. The van der Waals surface area contributed by atoms with Crippen LogP contribution in [0.4, 0.5) is 0 Å². The molecule has 3 N–H and O–H groups in total. The summed E-state index contributed by atoms with van der Waals surface area (Å²) in [5, 5.41) is 8.69. The Morgan fingerprint density at radius 1 is 1.45 bits per heavy atom. The number of hydrogen-bond donors (Lipinski definition) is 2. The fourth-order valence-electron chi connectivity index (χ4n) is 0.666. The van der Waals surface area contributed by atoms with Gasteiger partial charge in [-0.25, -0.2) is 0 Å². The highest BCUT2D eigenvalue weighted by Crippen LogP contribution is 2.00. The lowest BCUT2D eigenvalue weighted by Crippen LogP contribution is -2.27. The van der Waals surface area contributed by atoms with E-state index in [0.29, 0.717) is 19.1 Å². The molecule has 0 saturated carbocycles. The van der Waals surface area contributed by atoms with Gasteiger partial charge in [0, 0.05) is 13.2 Å². The van der Waals surface area contributed by atoms with Crippen molar-refractivity contribution in [2.24, 2.45) is 11.7 Å². The van der Waals surface area contributed by atoms with Crippen molar-refractivity contribution in [3.8, 4) is 0 Å². The lowest BCUT2D eigenvalue weighted by Gasteiger charge is -2.13. The van der Waals surface area contributed by atoms with Crippen LogP contribution in [0.3, 0.4) is 0 Å². The molecule has 0 spiro atoms. The van der Waals surface area contributed by atoms with Crippen molar-refractivity contribution in [2.75, 3.05) is 19.8 Å². The molecule has 0 rings (SSSR count). The molecule has 0 aliphatic rings. The lowest BCUT2D eigenvalue weighted by atomic mass is 10.1. The molecular weight excluding hydrogens is 142 g/mol. The summed E-state index contributed by atoms with van der Waals surface area (Å²) >= 11 is 0. The van der Waals surface area contributed by atoms with Crippen molar-refractivity contribution in [1.82, 2.24) is 0 Å². The van der Waals surface area contributed by atoms with Crippen LogP contribution in [0, 0.1) is 5.92 Å². The Labute approximate surface area is 68.5 Å². The fourth-order valence-corrected chi connectivity index (χ4v) is 0.666. The minimum Gasteiger partial charge on any atom is -0.394 e. The van der Waals surface area contributed by atoms with Crippen LogP contribution in [0.25, 0.3) is 0 Å². The van der Waals surface area contributed by atoms with E-state index in [4.69, 9.17) is 15.6 Å². The van der Waals surface area contributed by atoms with Crippen LogP contribution in [0.1, 0.15) is 20.3 Å². The fraction of sp³-hybridized carbons (Fsp3) is 1.00. The van der Waals surface area contributed by atoms with Crippen LogP contribution in [-0.2, 0) is 4.74 Å². The number of rotatable bonds is 6. The van der Waals surface area contributed by atoms with Crippen LogP contribution in [0.5, 0.6) is 0 Å². The van der Waals surface area contributed by atoms with Gasteiger partial charge in [0.05, 0.1) is 12.7 Å². The van der Waals surface area contributed by atoms with Gasteiger partial charge in [0.15, 0.2) is 0 Å². The van der Waals surface area contributed by atoms with E-state index < -0.39 is 0 Å². The van der Waals surface area contributed by atoms with Crippen molar-refractivity contribution >= 4 is 0 Å². The number of aliphatic hydroxyl groups is 1. The molecule has 0 aliphatic carbocycles. The normalized spacial score (nSPS) is 13.9. The molecule has 11 heavy (non-hydrogen) atoms. The molecule has 0 aromatic carbocycles. The molecule has 3 nitrogen and oxygen atoms in total. The van der Waals surface area contributed by atoms with Gasteiger partial charge < -0.3 is 15.6 Å². The number of ether oxygens (including phenoxy) is 1. The van der Waals surface area contributed by atoms with E-state index in [1.165, 1.54) is 0 Å². The Morgan fingerprint density at radius 3 is 2.45 bits per heavy atom. The molecule has 0 bridgehead atoms. The van der Waals surface area contributed by atoms with Crippen molar-refractivity contribution in [1.29, 1.82) is 0 Å². The minimum absolute atomic E-state index is 0.0224. The summed E-state index contributed by atoms with van der Waals surface area (Å²) in [5.74, 6) is 0.645. The van der Waals surface area contributed by atoms with Crippen LogP contribution in [-0.4, -0.2) is 31.0 Å². The first-order chi connectivity index (χ1) is 5.20. The maximum atomic E-state index is 8.69. The van der Waals surface area contributed by atoms with Crippen molar-refractivity contribution < 1.29 is 9.84 Å².